The number of hydrogen-bond donors (Lipinski definition) is 0. The Labute approximate surface area is 90.3 Å². The van der Waals surface area contributed by atoms with Crippen molar-refractivity contribution in [2.24, 2.45) is 0 Å². The topological polar surface area (TPSA) is 47.8 Å². The minimum atomic E-state index is 0.0545. The third-order valence-corrected chi connectivity index (χ3v) is 3.15. The van der Waals surface area contributed by atoms with E-state index in [9.17, 15) is 4.79 Å². The largest absolute Gasteiger partial charge is 0.273 e. The van der Waals surface area contributed by atoms with Crippen molar-refractivity contribution in [2.75, 3.05) is 5.75 Å². The zero-order valence-corrected chi connectivity index (χ0v) is 8.57. The monoisotopic (exact) mass is 217 g/mol. The zero-order valence-electron chi connectivity index (χ0n) is 7.75. The van der Waals surface area contributed by atoms with Crippen LogP contribution in [-0.4, -0.2) is 26.4 Å². The van der Waals surface area contributed by atoms with E-state index < -0.39 is 0 Å². The predicted octanol–water partition coefficient (Wildman–Crippen LogP) is 1.69. The highest BCUT2D eigenvalue weighted by Crippen LogP contribution is 2.28. The molecule has 0 saturated heterocycles. The van der Waals surface area contributed by atoms with Crippen molar-refractivity contribution in [3.8, 4) is 11.4 Å². The lowest BCUT2D eigenvalue weighted by molar-refractivity contribution is 0.0941. The molecule has 4 nitrogen and oxygen atoms in total. The number of carbonyl (C=O) groups excluding carboxylic acids is 1. The van der Waals surface area contributed by atoms with Crippen molar-refractivity contribution in [3.63, 3.8) is 0 Å². The molecule has 1 aromatic carbocycles. The van der Waals surface area contributed by atoms with Crippen molar-refractivity contribution in [1.82, 2.24) is 14.8 Å². The smallest absolute Gasteiger partial charge is 0.244 e. The molecule has 1 aliphatic rings. The fourth-order valence-corrected chi connectivity index (χ4v) is 2.35. The average Bonchev–Trinajstić information content (AvgIpc) is 2.84. The van der Waals surface area contributed by atoms with E-state index in [1.165, 1.54) is 11.8 Å². The summed E-state index contributed by atoms with van der Waals surface area (Å²) in [5.41, 5.74) is 0.923. The van der Waals surface area contributed by atoms with Gasteiger partial charge in [-0.15, -0.1) is 10.2 Å². The highest BCUT2D eigenvalue weighted by Gasteiger charge is 2.25. The fourth-order valence-electron chi connectivity index (χ4n) is 1.55. The molecular weight excluding hydrogens is 210 g/mol. The first-order chi connectivity index (χ1) is 7.36. The van der Waals surface area contributed by atoms with E-state index in [1.54, 1.807) is 4.57 Å². The molecule has 0 amide bonds. The summed E-state index contributed by atoms with van der Waals surface area (Å²) in [4.78, 5) is 11.6. The third-order valence-electron chi connectivity index (χ3n) is 2.24. The molecule has 0 atom stereocenters. The van der Waals surface area contributed by atoms with Gasteiger partial charge in [-0.05, 0) is 0 Å². The van der Waals surface area contributed by atoms with E-state index in [1.807, 2.05) is 30.3 Å². The summed E-state index contributed by atoms with van der Waals surface area (Å²) in [5.74, 6) is 1.16. The first kappa shape index (κ1) is 8.67. The van der Waals surface area contributed by atoms with E-state index in [0.29, 0.717) is 16.7 Å². The number of carbonyl (C=O) groups is 1. The third kappa shape index (κ3) is 1.27. The Morgan fingerprint density at radius 3 is 2.80 bits per heavy atom. The van der Waals surface area contributed by atoms with Crippen LogP contribution in [-0.2, 0) is 0 Å². The van der Waals surface area contributed by atoms with E-state index in [0.717, 1.165) is 5.56 Å². The maximum Gasteiger partial charge on any atom is 0.244 e. The Kier molecular flexibility index (Phi) is 1.85. The summed E-state index contributed by atoms with van der Waals surface area (Å²) in [7, 11) is 0. The lowest BCUT2D eigenvalue weighted by Crippen LogP contribution is -2.08. The van der Waals surface area contributed by atoms with E-state index in [-0.39, 0.29) is 5.91 Å². The molecule has 1 aromatic heterocycles. The minimum absolute atomic E-state index is 0.0545. The quantitative estimate of drug-likeness (QED) is 0.729. The number of thioether (sulfide) groups is 1. The van der Waals surface area contributed by atoms with Gasteiger partial charge in [0.05, 0.1) is 5.75 Å². The summed E-state index contributed by atoms with van der Waals surface area (Å²) in [6.45, 7) is 0. The first-order valence-corrected chi connectivity index (χ1v) is 5.51. The molecule has 2 aromatic rings. The second-order valence-electron chi connectivity index (χ2n) is 3.19. The number of aromatic nitrogens is 3. The van der Waals surface area contributed by atoms with Gasteiger partial charge in [0.15, 0.2) is 11.0 Å². The second kappa shape index (κ2) is 3.20. The lowest BCUT2D eigenvalue weighted by Gasteiger charge is -1.99. The molecule has 0 N–H and O–H groups in total. The predicted molar refractivity (Wildman–Crippen MR) is 56.8 cm³/mol. The standard InChI is InChI=1S/C10H7N3OS/c14-8-6-15-10-12-11-9(13(8)10)7-4-2-1-3-5-7/h1-5H,6H2. The van der Waals surface area contributed by atoms with Gasteiger partial charge in [-0.3, -0.25) is 4.79 Å². The van der Waals surface area contributed by atoms with E-state index in [4.69, 9.17) is 0 Å². The molecule has 0 spiro atoms. The van der Waals surface area contributed by atoms with Crippen LogP contribution >= 0.6 is 11.8 Å². The van der Waals surface area contributed by atoms with Crippen LogP contribution in [0.25, 0.3) is 11.4 Å². The Hall–Kier alpha value is -1.62. The van der Waals surface area contributed by atoms with Crippen LogP contribution in [0.1, 0.15) is 4.79 Å². The molecule has 5 heteroatoms. The van der Waals surface area contributed by atoms with Crippen LogP contribution in [0.2, 0.25) is 0 Å². The number of fused-ring (bicyclic) bond motifs is 1. The maximum absolute atomic E-state index is 11.6. The van der Waals surface area contributed by atoms with Crippen LogP contribution in [0, 0.1) is 0 Å². The first-order valence-electron chi connectivity index (χ1n) is 4.53. The van der Waals surface area contributed by atoms with Crippen molar-refractivity contribution in [3.05, 3.63) is 30.3 Å². The zero-order chi connectivity index (χ0) is 10.3. The second-order valence-corrected chi connectivity index (χ2v) is 4.13. The van der Waals surface area contributed by atoms with Gasteiger partial charge < -0.3 is 0 Å². The molecular formula is C10H7N3OS. The molecule has 2 heterocycles. The van der Waals surface area contributed by atoms with Gasteiger partial charge in [-0.25, -0.2) is 4.57 Å². The summed E-state index contributed by atoms with van der Waals surface area (Å²) in [6.07, 6.45) is 0. The van der Waals surface area contributed by atoms with Crippen molar-refractivity contribution < 1.29 is 4.79 Å². The Balaban J connectivity index is 2.19. The van der Waals surface area contributed by atoms with Crippen molar-refractivity contribution >= 4 is 17.7 Å². The van der Waals surface area contributed by atoms with Crippen molar-refractivity contribution in [2.45, 2.75) is 5.16 Å². The number of benzene rings is 1. The van der Waals surface area contributed by atoms with Gasteiger partial charge in [-0.1, -0.05) is 42.1 Å². The highest BCUT2D eigenvalue weighted by molar-refractivity contribution is 8.00. The van der Waals surface area contributed by atoms with E-state index >= 15 is 0 Å². The van der Waals surface area contributed by atoms with Crippen LogP contribution in [0.5, 0.6) is 0 Å². The molecule has 0 radical (unpaired) electrons. The number of nitrogens with zero attached hydrogens (tertiary/aromatic N) is 3. The number of rotatable bonds is 1. The fraction of sp³-hybridized carbons (Fsp3) is 0.100. The summed E-state index contributed by atoms with van der Waals surface area (Å²) in [5, 5.41) is 8.70. The average molecular weight is 217 g/mol. The Morgan fingerprint density at radius 1 is 1.20 bits per heavy atom. The molecule has 3 rings (SSSR count). The van der Waals surface area contributed by atoms with E-state index in [2.05, 4.69) is 10.2 Å². The molecule has 1 aliphatic heterocycles. The van der Waals surface area contributed by atoms with Gasteiger partial charge >= 0.3 is 0 Å². The highest BCUT2D eigenvalue weighted by atomic mass is 32.2. The maximum atomic E-state index is 11.6. The SMILES string of the molecule is O=C1CSc2nnc(-c3ccccc3)n21. The summed E-state index contributed by atoms with van der Waals surface area (Å²) in [6, 6.07) is 9.62. The minimum Gasteiger partial charge on any atom is -0.273 e. The van der Waals surface area contributed by atoms with Crippen molar-refractivity contribution in [1.29, 1.82) is 0 Å². The van der Waals surface area contributed by atoms with Gasteiger partial charge in [0.25, 0.3) is 0 Å². The van der Waals surface area contributed by atoms with Crippen LogP contribution in [0.3, 0.4) is 0 Å². The van der Waals surface area contributed by atoms with Crippen LogP contribution in [0.15, 0.2) is 35.5 Å². The Morgan fingerprint density at radius 2 is 2.00 bits per heavy atom. The van der Waals surface area contributed by atoms with Crippen LogP contribution in [0.4, 0.5) is 0 Å². The Bertz CT molecular complexity index is 521. The van der Waals surface area contributed by atoms with Gasteiger partial charge in [-0.2, -0.15) is 0 Å². The van der Waals surface area contributed by atoms with Gasteiger partial charge in [0.1, 0.15) is 0 Å². The molecule has 0 bridgehead atoms. The molecule has 0 fully saturated rings. The summed E-state index contributed by atoms with van der Waals surface area (Å²) < 4.78 is 1.58. The molecule has 0 aliphatic carbocycles. The van der Waals surface area contributed by atoms with Gasteiger partial charge in [0, 0.05) is 5.56 Å². The summed E-state index contributed by atoms with van der Waals surface area (Å²) >= 11 is 1.43. The molecule has 74 valence electrons. The van der Waals surface area contributed by atoms with Gasteiger partial charge in [0.2, 0.25) is 5.91 Å². The molecule has 15 heavy (non-hydrogen) atoms. The van der Waals surface area contributed by atoms with Crippen LogP contribution < -0.4 is 0 Å². The lowest BCUT2D eigenvalue weighted by atomic mass is 10.2. The molecule has 0 unspecified atom stereocenters. The molecule has 0 saturated carbocycles. The number of hydrogen-bond acceptors (Lipinski definition) is 4. The normalized spacial score (nSPS) is 14.3.